The molecule has 1 aliphatic heterocycles. The lowest BCUT2D eigenvalue weighted by molar-refractivity contribution is 0.193. The van der Waals surface area contributed by atoms with E-state index in [2.05, 4.69) is 86.5 Å². The number of hydrogen-bond donors (Lipinski definition) is 3. The molecule has 4 rings (SSSR count). The lowest BCUT2D eigenvalue weighted by atomic mass is 10.0. The Labute approximate surface area is 196 Å². The summed E-state index contributed by atoms with van der Waals surface area (Å²) in [6, 6.07) is 24.0. The Bertz CT molecular complexity index is 1080. The van der Waals surface area contributed by atoms with E-state index in [1.807, 2.05) is 24.3 Å². The topological polar surface area (TPSA) is 81.3 Å². The van der Waals surface area contributed by atoms with Gasteiger partial charge in [0.2, 0.25) is 0 Å². The second kappa shape index (κ2) is 8.92. The SMILES string of the molecule is C=C(N)N[C@@H]1c2cccn2C(=O)N[C@H]1CO[Si](c1ccccc1)(c1ccccc1)C(C)(C)C. The molecule has 0 unspecified atom stereocenters. The van der Waals surface area contributed by atoms with Gasteiger partial charge in [-0.2, -0.15) is 0 Å². The van der Waals surface area contributed by atoms with Gasteiger partial charge in [0.05, 0.1) is 30.2 Å². The Kier molecular flexibility index (Phi) is 6.19. The smallest absolute Gasteiger partial charge is 0.326 e. The van der Waals surface area contributed by atoms with E-state index in [1.165, 1.54) is 10.4 Å². The summed E-state index contributed by atoms with van der Waals surface area (Å²) in [4.78, 5) is 12.8. The molecule has 2 atom stereocenters. The van der Waals surface area contributed by atoms with E-state index < -0.39 is 8.32 Å². The van der Waals surface area contributed by atoms with Crippen molar-refractivity contribution in [3.8, 4) is 0 Å². The van der Waals surface area contributed by atoms with Crippen LogP contribution in [0.25, 0.3) is 0 Å². The van der Waals surface area contributed by atoms with Crippen LogP contribution in [0.2, 0.25) is 5.04 Å². The quantitative estimate of drug-likeness (QED) is 0.474. The van der Waals surface area contributed by atoms with Crippen molar-refractivity contribution in [3.63, 3.8) is 0 Å². The largest absolute Gasteiger partial charge is 0.405 e. The maximum atomic E-state index is 12.8. The Balaban J connectivity index is 1.76. The van der Waals surface area contributed by atoms with E-state index in [0.717, 1.165) is 5.69 Å². The molecule has 7 heteroatoms. The van der Waals surface area contributed by atoms with Crippen LogP contribution in [0.3, 0.4) is 0 Å². The van der Waals surface area contributed by atoms with Gasteiger partial charge >= 0.3 is 6.03 Å². The van der Waals surface area contributed by atoms with E-state index in [4.69, 9.17) is 10.2 Å². The number of nitrogens with one attached hydrogen (secondary N) is 2. The van der Waals surface area contributed by atoms with Crippen LogP contribution in [0.4, 0.5) is 4.79 Å². The minimum atomic E-state index is -2.74. The minimum Gasteiger partial charge on any atom is -0.405 e. The summed E-state index contributed by atoms with van der Waals surface area (Å²) in [7, 11) is -2.74. The number of carbonyl (C=O) groups excluding carboxylic acids is 1. The number of carbonyl (C=O) groups is 1. The Morgan fingerprint density at radius 3 is 2.15 bits per heavy atom. The number of rotatable bonds is 7. The zero-order chi connectivity index (χ0) is 23.6. The summed E-state index contributed by atoms with van der Waals surface area (Å²) in [6.45, 7) is 10.9. The molecule has 2 aromatic carbocycles. The van der Waals surface area contributed by atoms with Crippen molar-refractivity contribution in [3.05, 3.63) is 97.1 Å². The van der Waals surface area contributed by atoms with Crippen molar-refractivity contribution in [1.29, 1.82) is 0 Å². The van der Waals surface area contributed by atoms with Crippen LogP contribution in [0.5, 0.6) is 0 Å². The maximum Gasteiger partial charge on any atom is 0.326 e. The third-order valence-electron chi connectivity index (χ3n) is 6.27. The van der Waals surface area contributed by atoms with E-state index in [0.29, 0.717) is 12.4 Å². The predicted octanol–water partition coefficient (Wildman–Crippen LogP) is 3.07. The normalized spacial score (nSPS) is 18.3. The van der Waals surface area contributed by atoms with Gasteiger partial charge in [0.25, 0.3) is 8.32 Å². The van der Waals surface area contributed by atoms with Gasteiger partial charge in [-0.25, -0.2) is 4.79 Å². The Hall–Kier alpha value is -3.29. The highest BCUT2D eigenvalue weighted by Gasteiger charge is 2.51. The van der Waals surface area contributed by atoms with Gasteiger partial charge in [-0.05, 0) is 27.5 Å². The van der Waals surface area contributed by atoms with Crippen molar-refractivity contribution >= 4 is 24.7 Å². The molecule has 1 aliphatic rings. The molecule has 172 valence electrons. The molecule has 1 aromatic heterocycles. The van der Waals surface area contributed by atoms with E-state index in [-0.39, 0.29) is 23.2 Å². The highest BCUT2D eigenvalue weighted by molar-refractivity contribution is 6.99. The fourth-order valence-corrected chi connectivity index (χ4v) is 9.42. The van der Waals surface area contributed by atoms with Crippen molar-refractivity contribution < 1.29 is 9.22 Å². The number of hydrogen-bond acceptors (Lipinski definition) is 4. The molecule has 0 spiro atoms. The first-order chi connectivity index (χ1) is 15.7. The van der Waals surface area contributed by atoms with Gasteiger partial charge in [0.1, 0.15) is 0 Å². The fraction of sp³-hybridized carbons (Fsp3) is 0.269. The van der Waals surface area contributed by atoms with Crippen LogP contribution in [-0.4, -0.2) is 31.6 Å². The van der Waals surface area contributed by atoms with Crippen LogP contribution < -0.4 is 26.7 Å². The second-order valence-corrected chi connectivity index (χ2v) is 13.8. The van der Waals surface area contributed by atoms with Crippen LogP contribution in [0.15, 0.2) is 91.4 Å². The number of benzene rings is 2. The van der Waals surface area contributed by atoms with Crippen molar-refractivity contribution in [2.75, 3.05) is 6.61 Å². The number of nitrogens with two attached hydrogens (primary N) is 1. The van der Waals surface area contributed by atoms with E-state index in [9.17, 15) is 4.79 Å². The molecule has 4 N–H and O–H groups in total. The number of aromatic nitrogens is 1. The van der Waals surface area contributed by atoms with Gasteiger partial charge in [-0.15, -0.1) is 0 Å². The zero-order valence-corrected chi connectivity index (χ0v) is 20.4. The molecule has 0 aliphatic carbocycles. The maximum absolute atomic E-state index is 12.8. The first-order valence-electron chi connectivity index (χ1n) is 11.2. The molecular weight excluding hydrogens is 428 g/mol. The van der Waals surface area contributed by atoms with Crippen molar-refractivity contribution in [2.45, 2.75) is 37.9 Å². The highest BCUT2D eigenvalue weighted by Crippen LogP contribution is 2.37. The molecule has 0 saturated heterocycles. The van der Waals surface area contributed by atoms with Crippen LogP contribution >= 0.6 is 0 Å². The first-order valence-corrected chi connectivity index (χ1v) is 13.1. The Morgan fingerprint density at radius 2 is 1.64 bits per heavy atom. The molecule has 3 aromatic rings. The monoisotopic (exact) mass is 460 g/mol. The summed E-state index contributed by atoms with van der Waals surface area (Å²) < 4.78 is 8.66. The standard InChI is InChI=1S/C26H32N4O2Si/c1-19(27)28-24-22(29-25(31)30-17-11-16-23(24)30)18-32-33(26(2,3)4,20-12-7-5-8-13-20)21-14-9-6-10-15-21/h5-17,22,24,28H,1,18,27H2,2-4H3,(H,29,31)/t22-,24-/m0/s1. The molecule has 6 nitrogen and oxygen atoms in total. The van der Waals surface area contributed by atoms with Gasteiger partial charge < -0.3 is 20.8 Å². The van der Waals surface area contributed by atoms with Gasteiger partial charge in [0.15, 0.2) is 0 Å². The summed E-state index contributed by atoms with van der Waals surface area (Å²) >= 11 is 0. The molecule has 0 fully saturated rings. The number of fused-ring (bicyclic) bond motifs is 1. The fourth-order valence-electron chi connectivity index (χ4n) is 4.84. The predicted molar refractivity (Wildman–Crippen MR) is 135 cm³/mol. The van der Waals surface area contributed by atoms with E-state index >= 15 is 0 Å². The Morgan fingerprint density at radius 1 is 1.06 bits per heavy atom. The highest BCUT2D eigenvalue weighted by atomic mass is 28.4. The van der Waals surface area contributed by atoms with Gasteiger partial charge in [-0.3, -0.25) is 4.57 Å². The van der Waals surface area contributed by atoms with Crippen molar-refractivity contribution in [2.24, 2.45) is 5.73 Å². The van der Waals surface area contributed by atoms with Crippen LogP contribution in [0, 0.1) is 0 Å². The second-order valence-electron chi connectivity index (χ2n) is 9.48. The average molecular weight is 461 g/mol. The average Bonchev–Trinajstić information content (AvgIpc) is 3.28. The van der Waals surface area contributed by atoms with Crippen molar-refractivity contribution in [1.82, 2.24) is 15.2 Å². The minimum absolute atomic E-state index is 0.158. The third kappa shape index (κ3) is 4.21. The molecule has 0 bridgehead atoms. The van der Waals surface area contributed by atoms with E-state index in [1.54, 1.807) is 10.8 Å². The molecule has 1 amide bonds. The first kappa shape index (κ1) is 22.9. The summed E-state index contributed by atoms with van der Waals surface area (Å²) in [5.41, 5.74) is 6.75. The zero-order valence-electron chi connectivity index (χ0n) is 19.4. The van der Waals surface area contributed by atoms with Gasteiger partial charge in [-0.1, -0.05) is 88.0 Å². The van der Waals surface area contributed by atoms with Crippen LogP contribution in [0.1, 0.15) is 32.5 Å². The van der Waals surface area contributed by atoms with Gasteiger partial charge in [0, 0.05) is 6.20 Å². The summed E-state index contributed by atoms with van der Waals surface area (Å²) in [6.07, 6.45) is 1.75. The lowest BCUT2D eigenvalue weighted by Crippen LogP contribution is -2.68. The molecule has 0 saturated carbocycles. The number of amides is 1. The molecule has 33 heavy (non-hydrogen) atoms. The van der Waals surface area contributed by atoms with Crippen LogP contribution in [-0.2, 0) is 4.43 Å². The molecule has 0 radical (unpaired) electrons. The molecular formula is C26H32N4O2Si. The number of nitrogens with zero attached hydrogens (tertiary/aromatic N) is 1. The third-order valence-corrected chi connectivity index (χ3v) is 11.3. The molecule has 2 heterocycles. The lowest BCUT2D eigenvalue weighted by Gasteiger charge is -2.44. The summed E-state index contributed by atoms with van der Waals surface area (Å²) in [5.74, 6) is 0.347. The summed E-state index contributed by atoms with van der Waals surface area (Å²) in [5, 5.41) is 8.57.